The standard InChI is InChI=1S/C17H20N4O3S/c1-12-16(13(2)21(19-12)10-11-22)20-9-8-18-17(20)14-4-6-15(7-5-14)25(3,23)24/h4-9,22H,10-11H2,1-3H3. The summed E-state index contributed by atoms with van der Waals surface area (Å²) in [7, 11) is -3.23. The highest BCUT2D eigenvalue weighted by Crippen LogP contribution is 2.26. The van der Waals surface area contributed by atoms with Crippen LogP contribution in [-0.2, 0) is 16.4 Å². The van der Waals surface area contributed by atoms with Gasteiger partial charge in [0.1, 0.15) is 5.82 Å². The molecule has 1 aromatic carbocycles. The molecule has 0 fully saturated rings. The molecule has 2 heterocycles. The summed E-state index contributed by atoms with van der Waals surface area (Å²) in [5, 5.41) is 13.6. The molecule has 3 aromatic rings. The van der Waals surface area contributed by atoms with Crippen molar-refractivity contribution in [3.63, 3.8) is 0 Å². The van der Waals surface area contributed by atoms with Crippen molar-refractivity contribution < 1.29 is 13.5 Å². The number of aryl methyl sites for hydroxylation is 1. The minimum atomic E-state index is -3.23. The van der Waals surface area contributed by atoms with Gasteiger partial charge >= 0.3 is 0 Å². The van der Waals surface area contributed by atoms with E-state index < -0.39 is 9.84 Å². The third-order valence-electron chi connectivity index (χ3n) is 4.08. The van der Waals surface area contributed by atoms with E-state index in [4.69, 9.17) is 0 Å². The highest BCUT2D eigenvalue weighted by molar-refractivity contribution is 7.90. The lowest BCUT2D eigenvalue weighted by Gasteiger charge is -2.09. The van der Waals surface area contributed by atoms with E-state index in [1.165, 1.54) is 6.26 Å². The molecule has 0 radical (unpaired) electrons. The fraction of sp³-hybridized carbons (Fsp3) is 0.294. The summed E-state index contributed by atoms with van der Waals surface area (Å²) in [6.07, 6.45) is 4.73. The second-order valence-electron chi connectivity index (χ2n) is 5.88. The Labute approximate surface area is 146 Å². The van der Waals surface area contributed by atoms with Crippen molar-refractivity contribution in [1.82, 2.24) is 19.3 Å². The summed E-state index contributed by atoms with van der Waals surface area (Å²) in [4.78, 5) is 4.69. The Bertz CT molecular complexity index is 1000. The van der Waals surface area contributed by atoms with Crippen LogP contribution in [0.2, 0.25) is 0 Å². The van der Waals surface area contributed by atoms with Crippen LogP contribution in [0.25, 0.3) is 17.1 Å². The molecule has 0 aliphatic rings. The second-order valence-corrected chi connectivity index (χ2v) is 7.90. The van der Waals surface area contributed by atoms with Gasteiger partial charge in [0.15, 0.2) is 9.84 Å². The van der Waals surface area contributed by atoms with Crippen LogP contribution in [0.15, 0.2) is 41.6 Å². The Morgan fingerprint density at radius 3 is 2.44 bits per heavy atom. The average molecular weight is 360 g/mol. The van der Waals surface area contributed by atoms with Gasteiger partial charge < -0.3 is 5.11 Å². The minimum Gasteiger partial charge on any atom is -0.394 e. The second kappa shape index (κ2) is 6.45. The van der Waals surface area contributed by atoms with Crippen LogP contribution in [0, 0.1) is 13.8 Å². The number of aliphatic hydroxyl groups is 1. The predicted octanol–water partition coefficient (Wildman–Crippen LogP) is 1.75. The molecule has 0 aliphatic heterocycles. The van der Waals surface area contributed by atoms with Crippen molar-refractivity contribution >= 4 is 9.84 Å². The lowest BCUT2D eigenvalue weighted by Crippen LogP contribution is -2.06. The van der Waals surface area contributed by atoms with Crippen LogP contribution in [0.4, 0.5) is 0 Å². The summed E-state index contributed by atoms with van der Waals surface area (Å²) in [6, 6.07) is 6.66. The van der Waals surface area contributed by atoms with Gasteiger partial charge in [-0.05, 0) is 38.1 Å². The minimum absolute atomic E-state index is 0.0190. The van der Waals surface area contributed by atoms with Gasteiger partial charge in [0.05, 0.1) is 35.1 Å². The van der Waals surface area contributed by atoms with Gasteiger partial charge in [-0.2, -0.15) is 5.10 Å². The van der Waals surface area contributed by atoms with E-state index in [-0.39, 0.29) is 11.5 Å². The van der Waals surface area contributed by atoms with Crippen molar-refractivity contribution in [3.05, 3.63) is 48.0 Å². The zero-order valence-corrected chi connectivity index (χ0v) is 15.2. The van der Waals surface area contributed by atoms with Gasteiger partial charge in [-0.3, -0.25) is 9.25 Å². The number of benzene rings is 1. The Morgan fingerprint density at radius 1 is 1.16 bits per heavy atom. The highest BCUT2D eigenvalue weighted by atomic mass is 32.2. The van der Waals surface area contributed by atoms with Crippen LogP contribution < -0.4 is 0 Å². The zero-order chi connectivity index (χ0) is 18.2. The average Bonchev–Trinajstić information content (AvgIpc) is 3.12. The maximum absolute atomic E-state index is 11.6. The highest BCUT2D eigenvalue weighted by Gasteiger charge is 2.17. The first kappa shape index (κ1) is 17.4. The molecule has 0 unspecified atom stereocenters. The molecule has 0 spiro atoms. The Hall–Kier alpha value is -2.45. The molecule has 0 bridgehead atoms. The van der Waals surface area contributed by atoms with E-state index in [1.54, 1.807) is 35.1 Å². The fourth-order valence-corrected chi connectivity index (χ4v) is 3.53. The lowest BCUT2D eigenvalue weighted by atomic mass is 10.2. The normalized spacial score (nSPS) is 11.8. The number of aliphatic hydroxyl groups excluding tert-OH is 1. The Morgan fingerprint density at radius 2 is 1.84 bits per heavy atom. The fourth-order valence-electron chi connectivity index (χ4n) is 2.90. The van der Waals surface area contributed by atoms with Crippen molar-refractivity contribution in [1.29, 1.82) is 0 Å². The monoisotopic (exact) mass is 360 g/mol. The number of aromatic nitrogens is 4. The molecule has 7 nitrogen and oxygen atoms in total. The van der Waals surface area contributed by atoms with Crippen molar-refractivity contribution in [2.24, 2.45) is 0 Å². The predicted molar refractivity (Wildman–Crippen MR) is 94.5 cm³/mol. The van der Waals surface area contributed by atoms with Crippen LogP contribution in [0.3, 0.4) is 0 Å². The van der Waals surface area contributed by atoms with E-state index in [0.717, 1.165) is 22.6 Å². The zero-order valence-electron chi connectivity index (χ0n) is 14.3. The molecule has 0 saturated carbocycles. The van der Waals surface area contributed by atoms with E-state index >= 15 is 0 Å². The molecule has 3 rings (SSSR count). The summed E-state index contributed by atoms with van der Waals surface area (Å²) < 4.78 is 26.9. The summed E-state index contributed by atoms with van der Waals surface area (Å²) in [5.41, 5.74) is 3.48. The third kappa shape index (κ3) is 3.22. The molecular weight excluding hydrogens is 340 g/mol. The Balaban J connectivity index is 2.08. The molecule has 1 N–H and O–H groups in total. The molecule has 0 amide bonds. The molecule has 132 valence electrons. The molecule has 0 atom stereocenters. The molecule has 8 heteroatoms. The van der Waals surface area contributed by atoms with E-state index in [0.29, 0.717) is 12.4 Å². The SMILES string of the molecule is Cc1nn(CCO)c(C)c1-n1ccnc1-c1ccc(S(C)(=O)=O)cc1. The molecule has 0 aliphatic carbocycles. The molecule has 0 saturated heterocycles. The van der Waals surface area contributed by atoms with Gasteiger partial charge in [-0.1, -0.05) is 0 Å². The first-order chi connectivity index (χ1) is 11.8. The summed E-state index contributed by atoms with van der Waals surface area (Å²) >= 11 is 0. The Kier molecular flexibility index (Phi) is 4.49. The quantitative estimate of drug-likeness (QED) is 0.749. The van der Waals surface area contributed by atoms with Crippen LogP contribution in [0.1, 0.15) is 11.4 Å². The van der Waals surface area contributed by atoms with Crippen molar-refractivity contribution in [3.8, 4) is 17.1 Å². The summed E-state index contributed by atoms with van der Waals surface area (Å²) in [6.45, 7) is 4.30. The smallest absolute Gasteiger partial charge is 0.175 e. The number of nitrogens with zero attached hydrogens (tertiary/aromatic N) is 4. The summed E-state index contributed by atoms with van der Waals surface area (Å²) in [5.74, 6) is 0.704. The topological polar surface area (TPSA) is 90.0 Å². The van der Waals surface area contributed by atoms with Crippen molar-refractivity contribution in [2.75, 3.05) is 12.9 Å². The van der Waals surface area contributed by atoms with E-state index in [2.05, 4.69) is 10.1 Å². The van der Waals surface area contributed by atoms with Crippen molar-refractivity contribution in [2.45, 2.75) is 25.3 Å². The number of hydrogen-bond donors (Lipinski definition) is 1. The number of hydrogen-bond acceptors (Lipinski definition) is 5. The van der Waals surface area contributed by atoms with Gasteiger partial charge in [-0.15, -0.1) is 0 Å². The number of rotatable bonds is 5. The van der Waals surface area contributed by atoms with Gasteiger partial charge in [0.25, 0.3) is 0 Å². The first-order valence-corrected chi connectivity index (χ1v) is 9.71. The van der Waals surface area contributed by atoms with E-state index in [1.807, 2.05) is 24.6 Å². The van der Waals surface area contributed by atoms with Gasteiger partial charge in [0, 0.05) is 24.2 Å². The molecule has 25 heavy (non-hydrogen) atoms. The third-order valence-corrected chi connectivity index (χ3v) is 5.21. The van der Waals surface area contributed by atoms with Gasteiger partial charge in [0.2, 0.25) is 0 Å². The number of sulfone groups is 1. The lowest BCUT2D eigenvalue weighted by molar-refractivity contribution is 0.268. The van der Waals surface area contributed by atoms with Crippen LogP contribution in [-0.4, -0.2) is 45.7 Å². The largest absolute Gasteiger partial charge is 0.394 e. The molecular formula is C17H20N4O3S. The van der Waals surface area contributed by atoms with Gasteiger partial charge in [-0.25, -0.2) is 13.4 Å². The first-order valence-electron chi connectivity index (χ1n) is 7.82. The van der Waals surface area contributed by atoms with E-state index in [9.17, 15) is 13.5 Å². The molecule has 2 aromatic heterocycles. The van der Waals surface area contributed by atoms with Crippen LogP contribution >= 0.6 is 0 Å². The maximum atomic E-state index is 11.6. The maximum Gasteiger partial charge on any atom is 0.175 e. The number of imidazole rings is 1. The van der Waals surface area contributed by atoms with Crippen LogP contribution in [0.5, 0.6) is 0 Å².